The Kier molecular flexibility index (Phi) is 5.16. The molecule has 150 valence electrons. The Labute approximate surface area is 163 Å². The lowest BCUT2D eigenvalue weighted by molar-refractivity contribution is -0.130. The second kappa shape index (κ2) is 7.60. The molecule has 28 heavy (non-hydrogen) atoms. The standard InChI is InChI=1S/C20H25FN4O3/c1-12-3-4-14(9-17(12)21)19-22-20(28-23-19)18-10-16(27)11-25(18)15-5-7-24(8-6-15)13(2)26/h3-4,9,15-16,18,27H,5-8,10-11H2,1-2H3/t16-,18+/m1/s1. The van der Waals surface area contributed by atoms with Crippen molar-refractivity contribution >= 4 is 5.91 Å². The van der Waals surface area contributed by atoms with Gasteiger partial charge in [0.05, 0.1) is 12.1 Å². The van der Waals surface area contributed by atoms with Gasteiger partial charge in [0.25, 0.3) is 0 Å². The molecule has 0 saturated carbocycles. The molecule has 1 aromatic heterocycles. The Bertz CT molecular complexity index is 863. The average Bonchev–Trinajstić information content (AvgIpc) is 3.31. The SMILES string of the molecule is CC(=O)N1CCC(N2C[C@H](O)C[C@H]2c2nc(-c3ccc(C)c(F)c3)no2)CC1. The molecule has 1 N–H and O–H groups in total. The van der Waals surface area contributed by atoms with Gasteiger partial charge in [-0.3, -0.25) is 9.69 Å². The van der Waals surface area contributed by atoms with Crippen LogP contribution in [0.25, 0.3) is 11.4 Å². The number of hydrogen-bond donors (Lipinski definition) is 1. The number of piperidine rings is 1. The number of aromatic nitrogens is 2. The fourth-order valence-corrected chi connectivity index (χ4v) is 4.22. The van der Waals surface area contributed by atoms with Gasteiger partial charge in [-0.2, -0.15) is 4.98 Å². The Hall–Kier alpha value is -2.32. The molecule has 0 aliphatic carbocycles. The van der Waals surface area contributed by atoms with Gasteiger partial charge >= 0.3 is 0 Å². The minimum absolute atomic E-state index is 0.100. The van der Waals surface area contributed by atoms with E-state index < -0.39 is 6.10 Å². The molecular weight excluding hydrogens is 363 g/mol. The Morgan fingerprint density at radius 1 is 1.32 bits per heavy atom. The minimum atomic E-state index is -0.456. The fraction of sp³-hybridized carbons (Fsp3) is 0.550. The van der Waals surface area contributed by atoms with E-state index in [1.807, 2.05) is 4.90 Å². The van der Waals surface area contributed by atoms with Crippen molar-refractivity contribution in [2.45, 2.75) is 51.3 Å². The molecular formula is C20H25FN4O3. The zero-order valence-corrected chi connectivity index (χ0v) is 16.1. The fourth-order valence-electron chi connectivity index (χ4n) is 4.22. The Morgan fingerprint density at radius 2 is 2.07 bits per heavy atom. The summed E-state index contributed by atoms with van der Waals surface area (Å²) in [6.45, 7) is 5.28. The van der Waals surface area contributed by atoms with Crippen molar-refractivity contribution in [2.24, 2.45) is 0 Å². The average molecular weight is 388 g/mol. The van der Waals surface area contributed by atoms with Crippen LogP contribution in [0.4, 0.5) is 4.39 Å². The number of carbonyl (C=O) groups is 1. The van der Waals surface area contributed by atoms with Crippen molar-refractivity contribution in [1.82, 2.24) is 19.9 Å². The maximum Gasteiger partial charge on any atom is 0.244 e. The van der Waals surface area contributed by atoms with Gasteiger partial charge in [0.2, 0.25) is 17.6 Å². The van der Waals surface area contributed by atoms with Crippen molar-refractivity contribution < 1.29 is 18.8 Å². The highest BCUT2D eigenvalue weighted by Gasteiger charge is 2.40. The van der Waals surface area contributed by atoms with Gasteiger partial charge in [0.1, 0.15) is 5.82 Å². The summed E-state index contributed by atoms with van der Waals surface area (Å²) in [5, 5.41) is 14.3. The molecule has 2 aliphatic heterocycles. The summed E-state index contributed by atoms with van der Waals surface area (Å²) in [6, 6.07) is 4.95. The normalized spacial score (nSPS) is 24.1. The zero-order valence-electron chi connectivity index (χ0n) is 16.1. The van der Waals surface area contributed by atoms with Crippen LogP contribution >= 0.6 is 0 Å². The summed E-state index contributed by atoms with van der Waals surface area (Å²) in [5.74, 6) is 0.588. The first-order valence-corrected chi connectivity index (χ1v) is 9.72. The monoisotopic (exact) mass is 388 g/mol. The molecule has 2 fully saturated rings. The molecule has 8 heteroatoms. The van der Waals surface area contributed by atoms with E-state index in [0.29, 0.717) is 35.8 Å². The van der Waals surface area contributed by atoms with Gasteiger partial charge in [-0.1, -0.05) is 17.3 Å². The predicted molar refractivity (Wildman–Crippen MR) is 99.8 cm³/mol. The lowest BCUT2D eigenvalue weighted by Crippen LogP contribution is -2.46. The summed E-state index contributed by atoms with van der Waals surface area (Å²) < 4.78 is 19.4. The third-order valence-electron chi connectivity index (χ3n) is 5.85. The number of nitrogens with zero attached hydrogens (tertiary/aromatic N) is 4. The number of carbonyl (C=O) groups excluding carboxylic acids is 1. The second-order valence-electron chi connectivity index (χ2n) is 7.76. The van der Waals surface area contributed by atoms with Crippen LogP contribution in [0.3, 0.4) is 0 Å². The maximum atomic E-state index is 13.9. The van der Waals surface area contributed by atoms with Crippen molar-refractivity contribution in [3.05, 3.63) is 35.5 Å². The van der Waals surface area contributed by atoms with Crippen LogP contribution in [0.15, 0.2) is 22.7 Å². The van der Waals surface area contributed by atoms with E-state index >= 15 is 0 Å². The van der Waals surface area contributed by atoms with Crippen LogP contribution in [0, 0.1) is 12.7 Å². The van der Waals surface area contributed by atoms with Crippen molar-refractivity contribution in [1.29, 1.82) is 0 Å². The molecule has 3 heterocycles. The quantitative estimate of drug-likeness (QED) is 0.869. The first kappa shape index (κ1) is 19.0. The topological polar surface area (TPSA) is 82.7 Å². The van der Waals surface area contributed by atoms with Crippen LogP contribution in [-0.2, 0) is 4.79 Å². The number of benzene rings is 1. The van der Waals surface area contributed by atoms with E-state index in [-0.39, 0.29) is 23.8 Å². The number of halogens is 1. The van der Waals surface area contributed by atoms with Crippen LogP contribution in [0.1, 0.15) is 43.7 Å². The molecule has 2 aliphatic rings. The highest BCUT2D eigenvalue weighted by molar-refractivity contribution is 5.73. The molecule has 0 spiro atoms. The van der Waals surface area contributed by atoms with Crippen LogP contribution in [0.2, 0.25) is 0 Å². The van der Waals surface area contributed by atoms with Gasteiger partial charge in [0, 0.05) is 38.2 Å². The first-order chi connectivity index (χ1) is 13.4. The number of hydrogen-bond acceptors (Lipinski definition) is 6. The molecule has 2 aromatic rings. The molecule has 0 unspecified atom stereocenters. The molecule has 0 bridgehead atoms. The van der Waals surface area contributed by atoms with Crippen molar-refractivity contribution in [3.8, 4) is 11.4 Å². The second-order valence-corrected chi connectivity index (χ2v) is 7.76. The largest absolute Gasteiger partial charge is 0.392 e. The van der Waals surface area contributed by atoms with Crippen molar-refractivity contribution in [3.63, 3.8) is 0 Å². The Morgan fingerprint density at radius 3 is 2.75 bits per heavy atom. The maximum absolute atomic E-state index is 13.9. The van der Waals surface area contributed by atoms with E-state index in [2.05, 4.69) is 15.0 Å². The number of aryl methyl sites for hydroxylation is 1. The smallest absolute Gasteiger partial charge is 0.244 e. The summed E-state index contributed by atoms with van der Waals surface area (Å²) >= 11 is 0. The Balaban J connectivity index is 1.52. The van der Waals surface area contributed by atoms with Gasteiger partial charge < -0.3 is 14.5 Å². The number of aliphatic hydroxyl groups excluding tert-OH is 1. The summed E-state index contributed by atoms with van der Waals surface area (Å²) in [5.41, 5.74) is 1.13. The van der Waals surface area contributed by atoms with E-state index in [0.717, 1.165) is 25.9 Å². The minimum Gasteiger partial charge on any atom is -0.392 e. The summed E-state index contributed by atoms with van der Waals surface area (Å²) in [4.78, 5) is 20.1. The third-order valence-corrected chi connectivity index (χ3v) is 5.85. The van der Waals surface area contributed by atoms with E-state index in [1.165, 1.54) is 6.07 Å². The van der Waals surface area contributed by atoms with Crippen molar-refractivity contribution in [2.75, 3.05) is 19.6 Å². The van der Waals surface area contributed by atoms with Gasteiger partial charge in [0.15, 0.2) is 0 Å². The molecule has 2 saturated heterocycles. The third kappa shape index (κ3) is 3.66. The zero-order chi connectivity index (χ0) is 19.8. The lowest BCUT2D eigenvalue weighted by atomic mass is 10.0. The number of likely N-dealkylation sites (tertiary alicyclic amines) is 2. The molecule has 7 nitrogen and oxygen atoms in total. The molecule has 1 amide bonds. The first-order valence-electron chi connectivity index (χ1n) is 9.72. The summed E-state index contributed by atoms with van der Waals surface area (Å²) in [6.07, 6.45) is 1.78. The number of β-amino-alcohol motifs (C(OH)–C–C–N with tert-alkyl or cyclic N) is 1. The summed E-state index contributed by atoms with van der Waals surface area (Å²) in [7, 11) is 0. The van der Waals surface area contributed by atoms with E-state index in [4.69, 9.17) is 4.52 Å². The van der Waals surface area contributed by atoms with Gasteiger partial charge in [-0.25, -0.2) is 4.39 Å². The molecule has 1 aromatic carbocycles. The lowest BCUT2D eigenvalue weighted by Gasteiger charge is -2.38. The van der Waals surface area contributed by atoms with Gasteiger partial charge in [-0.15, -0.1) is 0 Å². The highest BCUT2D eigenvalue weighted by Crippen LogP contribution is 2.36. The van der Waals surface area contributed by atoms with Crippen LogP contribution in [0.5, 0.6) is 0 Å². The number of amides is 1. The van der Waals surface area contributed by atoms with E-state index in [1.54, 1.807) is 26.0 Å². The van der Waals surface area contributed by atoms with Crippen LogP contribution < -0.4 is 0 Å². The predicted octanol–water partition coefficient (Wildman–Crippen LogP) is 2.30. The molecule has 4 rings (SSSR count). The molecule has 0 radical (unpaired) electrons. The molecule has 2 atom stereocenters. The number of aliphatic hydroxyl groups is 1. The highest BCUT2D eigenvalue weighted by atomic mass is 19.1. The van der Waals surface area contributed by atoms with Gasteiger partial charge in [-0.05, 0) is 37.8 Å². The number of rotatable bonds is 3. The van der Waals surface area contributed by atoms with Crippen LogP contribution in [-0.4, -0.2) is 62.7 Å². The van der Waals surface area contributed by atoms with E-state index in [9.17, 15) is 14.3 Å².